The molecule has 0 aromatic heterocycles. The van der Waals surface area contributed by atoms with E-state index < -0.39 is 59.3 Å². The highest BCUT2D eigenvalue weighted by Crippen LogP contribution is 2.42. The second kappa shape index (κ2) is 12.2. The van der Waals surface area contributed by atoms with E-state index in [2.05, 4.69) is 0 Å². The van der Waals surface area contributed by atoms with Gasteiger partial charge in [0.1, 0.15) is 0 Å². The van der Waals surface area contributed by atoms with E-state index in [0.717, 1.165) is 0 Å². The third kappa shape index (κ3) is 8.48. The normalized spacial score (nSPS) is 19.9. The Bertz CT molecular complexity index is 509. The number of rotatable bonds is 15. The summed E-state index contributed by atoms with van der Waals surface area (Å²) in [6.45, 7) is 23.3. The third-order valence-electron chi connectivity index (χ3n) is 6.47. The fraction of sp³-hybridized carbons (Fsp3) is 1.00. The first-order valence-corrected chi connectivity index (χ1v) is 25.9. The van der Waals surface area contributed by atoms with Crippen LogP contribution >= 0.6 is 0 Å². The Morgan fingerprint density at radius 3 is 0.938 bits per heavy atom. The van der Waals surface area contributed by atoms with Gasteiger partial charge in [0, 0.05) is 5.16 Å². The first kappa shape index (κ1) is 32.8. The lowest BCUT2D eigenvalue weighted by molar-refractivity contribution is 0.156. The minimum absolute atomic E-state index is 0.336. The Kier molecular flexibility index (Phi) is 12.5. The highest BCUT2D eigenvalue weighted by molar-refractivity contribution is 6.98. The van der Waals surface area contributed by atoms with Crippen LogP contribution in [0.1, 0.15) is 53.4 Å². The van der Waals surface area contributed by atoms with Crippen molar-refractivity contribution in [1.29, 1.82) is 0 Å². The van der Waals surface area contributed by atoms with Gasteiger partial charge in [0.15, 0.2) is 8.32 Å². The van der Waals surface area contributed by atoms with Crippen LogP contribution in [0.2, 0.25) is 57.5 Å². The van der Waals surface area contributed by atoms with E-state index in [1.807, 2.05) is 80.1 Å². The van der Waals surface area contributed by atoms with Crippen molar-refractivity contribution >= 4 is 42.1 Å². The predicted octanol–water partition coefficient (Wildman–Crippen LogP) is 4.04. The predicted molar refractivity (Wildman–Crippen MR) is 144 cm³/mol. The fourth-order valence-corrected chi connectivity index (χ4v) is 27.5. The molecule has 4 unspecified atom stereocenters. The first-order valence-electron chi connectivity index (χ1n) is 12.1. The number of hydrogen-bond acceptors (Lipinski definition) is 7. The summed E-state index contributed by atoms with van der Waals surface area (Å²) in [6, 6.07) is 0. The molecule has 0 aromatic rings. The molecule has 7 nitrogen and oxygen atoms in total. The zero-order valence-electron chi connectivity index (χ0n) is 22.7. The van der Waals surface area contributed by atoms with Gasteiger partial charge in [-0.1, -0.05) is 27.7 Å². The first-order chi connectivity index (χ1) is 14.3. The average Bonchev–Trinajstić information content (AvgIpc) is 2.63. The van der Waals surface area contributed by atoms with Crippen LogP contribution in [-0.2, 0) is 12.3 Å². The van der Waals surface area contributed by atoms with Gasteiger partial charge in [0.25, 0.3) is 0 Å². The molecule has 0 amide bonds. The van der Waals surface area contributed by atoms with Crippen molar-refractivity contribution in [3.63, 3.8) is 0 Å². The molecule has 194 valence electrons. The number of aliphatic hydroxyl groups excluding tert-OH is 3. The molecule has 0 radical (unpaired) electrons. The third-order valence-corrected chi connectivity index (χ3v) is 28.8. The van der Waals surface area contributed by atoms with Crippen LogP contribution in [0.15, 0.2) is 0 Å². The van der Waals surface area contributed by atoms with Gasteiger partial charge in [-0.15, -0.1) is 0 Å². The van der Waals surface area contributed by atoms with E-state index in [9.17, 15) is 20.1 Å². The van der Waals surface area contributed by atoms with Crippen LogP contribution in [0.25, 0.3) is 0 Å². The molecule has 32 heavy (non-hydrogen) atoms. The molecular formula is C20H52O7Si5. The Hall–Kier alpha value is 0.804. The van der Waals surface area contributed by atoms with Gasteiger partial charge in [-0.2, -0.15) is 0 Å². The fourth-order valence-electron chi connectivity index (χ4n) is 4.24. The maximum absolute atomic E-state index is 11.4. The van der Waals surface area contributed by atoms with E-state index in [4.69, 9.17) is 12.3 Å². The summed E-state index contributed by atoms with van der Waals surface area (Å²) in [5.41, 5.74) is -1.86. The van der Waals surface area contributed by atoms with Crippen LogP contribution in [-0.4, -0.2) is 79.4 Å². The molecule has 4 atom stereocenters. The van der Waals surface area contributed by atoms with Gasteiger partial charge < -0.3 is 32.5 Å². The summed E-state index contributed by atoms with van der Waals surface area (Å²) in [7, 11) is -14.7. The Labute approximate surface area is 202 Å². The lowest BCUT2D eigenvalue weighted by atomic mass is 10.5. The molecule has 0 bridgehead atoms. The van der Waals surface area contributed by atoms with E-state index in [1.165, 1.54) is 0 Å². The topological polar surface area (TPSA) is 109 Å². The molecular weight excluding hydrogens is 493 g/mol. The second-order valence-electron chi connectivity index (χ2n) is 11.1. The molecule has 0 fully saturated rings. The monoisotopic (exact) mass is 544 g/mol. The molecule has 0 aliphatic carbocycles. The maximum atomic E-state index is 11.4. The molecule has 0 aromatic carbocycles. The van der Waals surface area contributed by atoms with Gasteiger partial charge >= 0.3 is 8.80 Å². The molecule has 0 aliphatic rings. The van der Waals surface area contributed by atoms with Crippen LogP contribution in [0.4, 0.5) is 0 Å². The Morgan fingerprint density at radius 2 is 0.781 bits per heavy atom. The van der Waals surface area contributed by atoms with Crippen LogP contribution < -0.4 is 0 Å². The van der Waals surface area contributed by atoms with E-state index in [0.29, 0.717) is 25.7 Å². The van der Waals surface area contributed by atoms with Crippen molar-refractivity contribution in [2.24, 2.45) is 0 Å². The van der Waals surface area contributed by atoms with Crippen LogP contribution in [0, 0.1) is 0 Å². The smallest absolute Gasteiger partial charge is 0.432 e. The van der Waals surface area contributed by atoms with Crippen molar-refractivity contribution in [1.82, 2.24) is 0 Å². The summed E-state index contributed by atoms with van der Waals surface area (Å²) in [4.78, 5) is 11.4. The minimum atomic E-state index is -3.69. The second-order valence-corrected chi connectivity index (χ2v) is 31.7. The minimum Gasteiger partial charge on any atom is -0.432 e. The SMILES string of the molecule is CCC(O)[Si](C)(C)O[Si](O[Si](C)(C)C(O)CC)(O[Si](C)(C)C(O)CC)C(CC)[Si](C)(C)O. The zero-order valence-corrected chi connectivity index (χ0v) is 27.7. The van der Waals surface area contributed by atoms with Gasteiger partial charge in [0.2, 0.25) is 25.0 Å². The van der Waals surface area contributed by atoms with Gasteiger partial charge in [-0.3, -0.25) is 0 Å². The lowest BCUT2D eigenvalue weighted by Gasteiger charge is -2.51. The summed E-state index contributed by atoms with van der Waals surface area (Å²) >= 11 is 0. The van der Waals surface area contributed by atoms with E-state index in [-0.39, 0.29) is 5.16 Å². The molecule has 0 saturated carbocycles. The van der Waals surface area contributed by atoms with Gasteiger partial charge in [0.05, 0.1) is 17.2 Å². The standard InChI is InChI=1S/C20H52O7Si5/c1-13-17(21)29(7,8)25-32(20(16-4)28(5,6)24,26-30(9,10)18(22)14-2)27-31(11,12)19(23)15-3/h17-24H,13-16H2,1-12H3. The highest BCUT2D eigenvalue weighted by atomic mass is 28.5. The van der Waals surface area contributed by atoms with E-state index in [1.54, 1.807) is 0 Å². The van der Waals surface area contributed by atoms with Crippen LogP contribution in [0.3, 0.4) is 0 Å². The van der Waals surface area contributed by atoms with Crippen LogP contribution in [0.5, 0.6) is 0 Å². The molecule has 0 rings (SSSR count). The molecule has 0 heterocycles. The maximum Gasteiger partial charge on any atom is 0.472 e. The van der Waals surface area contributed by atoms with Crippen molar-refractivity contribution in [2.45, 2.75) is 128 Å². The number of hydrogen-bond donors (Lipinski definition) is 4. The molecule has 0 aliphatic heterocycles. The van der Waals surface area contributed by atoms with Crippen molar-refractivity contribution < 1.29 is 32.5 Å². The Morgan fingerprint density at radius 1 is 0.531 bits per heavy atom. The highest BCUT2D eigenvalue weighted by Gasteiger charge is 2.63. The zero-order chi connectivity index (χ0) is 25.8. The summed E-state index contributed by atoms with van der Waals surface area (Å²) in [5, 5.41) is 32.2. The largest absolute Gasteiger partial charge is 0.472 e. The molecule has 0 spiro atoms. The quantitative estimate of drug-likeness (QED) is 0.230. The van der Waals surface area contributed by atoms with Crippen molar-refractivity contribution in [3.05, 3.63) is 0 Å². The van der Waals surface area contributed by atoms with E-state index >= 15 is 0 Å². The average molecular weight is 545 g/mol. The Balaban J connectivity index is 7.00. The summed E-state index contributed by atoms with van der Waals surface area (Å²) < 4.78 is 20.8. The van der Waals surface area contributed by atoms with Gasteiger partial charge in [-0.05, 0) is 78.1 Å². The lowest BCUT2D eigenvalue weighted by Crippen LogP contribution is -2.71. The molecule has 0 saturated heterocycles. The summed E-state index contributed by atoms with van der Waals surface area (Å²) in [5.74, 6) is 0. The molecule has 4 N–H and O–H groups in total. The van der Waals surface area contributed by atoms with Crippen molar-refractivity contribution in [3.8, 4) is 0 Å². The van der Waals surface area contributed by atoms with Gasteiger partial charge in [-0.25, -0.2) is 0 Å². The number of aliphatic hydroxyl groups is 3. The van der Waals surface area contributed by atoms with Crippen molar-refractivity contribution in [2.75, 3.05) is 0 Å². The molecule has 12 heteroatoms. The summed E-state index contributed by atoms with van der Waals surface area (Å²) in [6.07, 6.45) is 2.26.